The maximum atomic E-state index is 4.58. The normalized spacial score (nSPS) is 12.9. The van der Waals surface area contributed by atoms with Gasteiger partial charge in [-0.05, 0) is 37.0 Å². The van der Waals surface area contributed by atoms with E-state index >= 15 is 0 Å². The number of hydrogen-bond donors (Lipinski definition) is 1. The predicted octanol–water partition coefficient (Wildman–Crippen LogP) is 4.07. The van der Waals surface area contributed by atoms with E-state index in [0.717, 1.165) is 6.42 Å². The predicted molar refractivity (Wildman–Crippen MR) is 62.6 cm³/mol. The lowest BCUT2D eigenvalue weighted by molar-refractivity contribution is 0.782. The van der Waals surface area contributed by atoms with Gasteiger partial charge in [0.15, 0.2) is 0 Å². The molecule has 1 rings (SSSR count). The fraction of sp³-hybridized carbons (Fsp3) is 0.500. The van der Waals surface area contributed by atoms with Crippen LogP contribution in [-0.4, -0.2) is 0 Å². The summed E-state index contributed by atoms with van der Waals surface area (Å²) in [7, 11) is 0. The second-order valence-electron chi connectivity index (χ2n) is 3.65. The van der Waals surface area contributed by atoms with Crippen LogP contribution in [0, 0.1) is 13.8 Å². The van der Waals surface area contributed by atoms with Crippen molar-refractivity contribution in [2.45, 2.75) is 38.9 Å². The van der Waals surface area contributed by atoms with E-state index in [1.807, 2.05) is 0 Å². The molecular formula is C12H18S. The molecule has 1 aromatic rings. The van der Waals surface area contributed by atoms with Gasteiger partial charge in [0, 0.05) is 5.25 Å². The lowest BCUT2D eigenvalue weighted by atomic mass is 10.0. The van der Waals surface area contributed by atoms with Gasteiger partial charge in [0.05, 0.1) is 0 Å². The Morgan fingerprint density at radius 3 is 2.46 bits per heavy atom. The van der Waals surface area contributed by atoms with E-state index < -0.39 is 0 Å². The van der Waals surface area contributed by atoms with Crippen LogP contribution >= 0.6 is 12.6 Å². The second kappa shape index (κ2) is 4.71. The Morgan fingerprint density at radius 1 is 1.23 bits per heavy atom. The van der Waals surface area contributed by atoms with Crippen molar-refractivity contribution in [2.24, 2.45) is 0 Å². The molecule has 0 aliphatic rings. The molecule has 0 aliphatic carbocycles. The smallest absolute Gasteiger partial charge is 0.0267 e. The molecule has 0 amide bonds. The highest BCUT2D eigenvalue weighted by Crippen LogP contribution is 2.26. The zero-order valence-corrected chi connectivity index (χ0v) is 9.57. The van der Waals surface area contributed by atoms with Gasteiger partial charge in [0.25, 0.3) is 0 Å². The van der Waals surface area contributed by atoms with E-state index in [1.54, 1.807) is 0 Å². The van der Waals surface area contributed by atoms with Gasteiger partial charge in [-0.3, -0.25) is 0 Å². The van der Waals surface area contributed by atoms with Crippen molar-refractivity contribution in [1.29, 1.82) is 0 Å². The molecule has 1 heteroatoms. The third-order valence-corrected chi connectivity index (χ3v) is 3.03. The Bertz CT molecular complexity index is 278. The van der Waals surface area contributed by atoms with Crippen LogP contribution in [-0.2, 0) is 0 Å². The van der Waals surface area contributed by atoms with Crippen molar-refractivity contribution in [3.8, 4) is 0 Å². The van der Waals surface area contributed by atoms with Gasteiger partial charge in [0.1, 0.15) is 0 Å². The Morgan fingerprint density at radius 2 is 1.92 bits per heavy atom. The van der Waals surface area contributed by atoms with E-state index in [4.69, 9.17) is 0 Å². The minimum atomic E-state index is 0.407. The Hall–Kier alpha value is -0.430. The maximum Gasteiger partial charge on any atom is 0.0267 e. The second-order valence-corrected chi connectivity index (χ2v) is 4.27. The summed E-state index contributed by atoms with van der Waals surface area (Å²) in [6, 6.07) is 6.63. The monoisotopic (exact) mass is 194 g/mol. The lowest BCUT2D eigenvalue weighted by Gasteiger charge is -2.11. The van der Waals surface area contributed by atoms with Crippen molar-refractivity contribution in [3.63, 3.8) is 0 Å². The molecule has 0 heterocycles. The molecule has 0 saturated carbocycles. The third-order valence-electron chi connectivity index (χ3n) is 2.48. The van der Waals surface area contributed by atoms with Gasteiger partial charge in [0.2, 0.25) is 0 Å². The minimum Gasteiger partial charge on any atom is -0.171 e. The topological polar surface area (TPSA) is 0 Å². The van der Waals surface area contributed by atoms with Crippen molar-refractivity contribution in [2.75, 3.05) is 0 Å². The first-order chi connectivity index (χ1) is 6.15. The standard InChI is InChI=1S/C12H18S/c1-4-5-12(13)11-7-6-9(2)10(3)8-11/h6-8,12-13H,4-5H2,1-3H3. The molecule has 0 fully saturated rings. The molecule has 1 unspecified atom stereocenters. The molecule has 0 aromatic heterocycles. The van der Waals surface area contributed by atoms with E-state index in [-0.39, 0.29) is 0 Å². The molecule has 1 aromatic carbocycles. The number of aryl methyl sites for hydroxylation is 2. The van der Waals surface area contributed by atoms with Crippen LogP contribution in [0.5, 0.6) is 0 Å². The summed E-state index contributed by atoms with van der Waals surface area (Å²) in [4.78, 5) is 0. The first kappa shape index (κ1) is 10.6. The largest absolute Gasteiger partial charge is 0.171 e. The molecule has 0 bridgehead atoms. The van der Waals surface area contributed by atoms with Crippen LogP contribution in [0.4, 0.5) is 0 Å². The Kier molecular flexibility index (Phi) is 3.86. The molecule has 13 heavy (non-hydrogen) atoms. The summed E-state index contributed by atoms with van der Waals surface area (Å²) < 4.78 is 0. The highest BCUT2D eigenvalue weighted by molar-refractivity contribution is 7.80. The summed E-state index contributed by atoms with van der Waals surface area (Å²) in [5.41, 5.74) is 4.08. The first-order valence-corrected chi connectivity index (χ1v) is 5.42. The van der Waals surface area contributed by atoms with Crippen LogP contribution in [0.2, 0.25) is 0 Å². The molecule has 0 spiro atoms. The minimum absolute atomic E-state index is 0.407. The average Bonchev–Trinajstić information content (AvgIpc) is 2.10. The van der Waals surface area contributed by atoms with Crippen molar-refractivity contribution < 1.29 is 0 Å². The van der Waals surface area contributed by atoms with Crippen molar-refractivity contribution >= 4 is 12.6 Å². The van der Waals surface area contributed by atoms with E-state index in [2.05, 4.69) is 51.6 Å². The van der Waals surface area contributed by atoms with Crippen LogP contribution in [0.15, 0.2) is 18.2 Å². The summed E-state index contributed by atoms with van der Waals surface area (Å²) in [5, 5.41) is 0.407. The fourth-order valence-corrected chi connectivity index (χ4v) is 1.83. The van der Waals surface area contributed by atoms with Crippen LogP contribution in [0.3, 0.4) is 0 Å². The SMILES string of the molecule is CCCC(S)c1ccc(C)c(C)c1. The number of rotatable bonds is 3. The van der Waals surface area contributed by atoms with Gasteiger partial charge in [-0.2, -0.15) is 12.6 Å². The molecular weight excluding hydrogens is 176 g/mol. The lowest BCUT2D eigenvalue weighted by Crippen LogP contribution is -1.92. The van der Waals surface area contributed by atoms with E-state index in [9.17, 15) is 0 Å². The van der Waals surface area contributed by atoms with Gasteiger partial charge < -0.3 is 0 Å². The first-order valence-electron chi connectivity index (χ1n) is 4.90. The summed E-state index contributed by atoms with van der Waals surface area (Å²) in [6.45, 7) is 6.50. The fourth-order valence-electron chi connectivity index (χ4n) is 1.41. The Labute approximate surface area is 86.8 Å². The van der Waals surface area contributed by atoms with Crippen LogP contribution < -0.4 is 0 Å². The zero-order chi connectivity index (χ0) is 9.84. The van der Waals surface area contributed by atoms with Gasteiger partial charge in [-0.25, -0.2) is 0 Å². The molecule has 0 nitrogen and oxygen atoms in total. The van der Waals surface area contributed by atoms with E-state index in [1.165, 1.54) is 23.1 Å². The molecule has 0 aliphatic heterocycles. The van der Waals surface area contributed by atoms with Crippen LogP contribution in [0.1, 0.15) is 41.7 Å². The number of benzene rings is 1. The van der Waals surface area contributed by atoms with Gasteiger partial charge in [-0.1, -0.05) is 31.5 Å². The van der Waals surface area contributed by atoms with Gasteiger partial charge in [-0.15, -0.1) is 0 Å². The van der Waals surface area contributed by atoms with Crippen molar-refractivity contribution in [3.05, 3.63) is 34.9 Å². The molecule has 1 atom stereocenters. The maximum absolute atomic E-state index is 4.58. The zero-order valence-electron chi connectivity index (χ0n) is 8.67. The summed E-state index contributed by atoms with van der Waals surface area (Å²) in [5.74, 6) is 0. The van der Waals surface area contributed by atoms with Crippen LogP contribution in [0.25, 0.3) is 0 Å². The van der Waals surface area contributed by atoms with Gasteiger partial charge >= 0.3 is 0 Å². The summed E-state index contributed by atoms with van der Waals surface area (Å²) in [6.07, 6.45) is 2.35. The van der Waals surface area contributed by atoms with E-state index in [0.29, 0.717) is 5.25 Å². The number of hydrogen-bond acceptors (Lipinski definition) is 1. The molecule has 0 radical (unpaired) electrons. The number of thiol groups is 1. The molecule has 0 saturated heterocycles. The summed E-state index contributed by atoms with van der Waals surface area (Å²) >= 11 is 4.58. The highest BCUT2D eigenvalue weighted by atomic mass is 32.1. The average molecular weight is 194 g/mol. The quantitative estimate of drug-likeness (QED) is 0.689. The van der Waals surface area contributed by atoms with Crippen molar-refractivity contribution in [1.82, 2.24) is 0 Å². The Balaban J connectivity index is 2.84. The highest BCUT2D eigenvalue weighted by Gasteiger charge is 2.05. The third kappa shape index (κ3) is 2.77. The molecule has 72 valence electrons. The molecule has 0 N–H and O–H groups in total.